The number of nitrogens with two attached hydrogens (primary N) is 1. The minimum Gasteiger partial charge on any atom is -0.371 e. The molecule has 3 rings (SSSR count). The predicted octanol–water partition coefficient (Wildman–Crippen LogP) is 1.74. The van der Waals surface area contributed by atoms with E-state index in [0.29, 0.717) is 11.5 Å². The van der Waals surface area contributed by atoms with Crippen molar-refractivity contribution in [2.24, 2.45) is 5.73 Å². The van der Waals surface area contributed by atoms with E-state index in [1.807, 2.05) is 25.1 Å². The molecule has 110 valence electrons. The highest BCUT2D eigenvalue weighted by Gasteiger charge is 2.15. The minimum atomic E-state index is -0.570. The number of rotatable bonds is 2. The molecule has 0 bridgehead atoms. The molecule has 0 spiro atoms. The van der Waals surface area contributed by atoms with Crippen molar-refractivity contribution >= 4 is 22.6 Å². The molecule has 22 heavy (non-hydrogen) atoms. The van der Waals surface area contributed by atoms with Crippen LogP contribution in [0.5, 0.6) is 0 Å². The van der Waals surface area contributed by atoms with Crippen molar-refractivity contribution in [2.75, 3.05) is 12.4 Å². The molecule has 6 nitrogen and oxygen atoms in total. The largest absolute Gasteiger partial charge is 0.371 e. The van der Waals surface area contributed by atoms with Gasteiger partial charge in [0, 0.05) is 29.2 Å². The quantitative estimate of drug-likeness (QED) is 0.541. The normalized spacial score (nSPS) is 10.3. The number of anilines is 1. The van der Waals surface area contributed by atoms with E-state index in [1.165, 1.54) is 0 Å². The molecule has 0 aliphatic heterocycles. The zero-order chi connectivity index (χ0) is 15.7. The Morgan fingerprint density at radius 2 is 2.14 bits per heavy atom. The summed E-state index contributed by atoms with van der Waals surface area (Å²) in [6, 6.07) is 7.95. The molecule has 6 heteroatoms. The summed E-state index contributed by atoms with van der Waals surface area (Å²) >= 11 is 0. The van der Waals surface area contributed by atoms with Crippen LogP contribution in [0, 0.1) is 18.8 Å². The van der Waals surface area contributed by atoms with Crippen molar-refractivity contribution in [1.29, 1.82) is 0 Å². The van der Waals surface area contributed by atoms with Gasteiger partial charge in [0.25, 0.3) is 5.91 Å². The van der Waals surface area contributed by atoms with Crippen molar-refractivity contribution in [1.82, 2.24) is 15.2 Å². The van der Waals surface area contributed by atoms with Crippen LogP contribution in [0.4, 0.5) is 5.82 Å². The molecular formula is C16H15N5O. The lowest BCUT2D eigenvalue weighted by atomic mass is 10.1. The third-order valence-electron chi connectivity index (χ3n) is 3.34. The molecule has 0 atom stereocenters. The number of nitrogens with one attached hydrogen (secondary N) is 3. The summed E-state index contributed by atoms with van der Waals surface area (Å²) in [6.45, 7) is 2.01. The van der Waals surface area contributed by atoms with Crippen LogP contribution >= 0.6 is 0 Å². The minimum absolute atomic E-state index is 0.272. The van der Waals surface area contributed by atoms with Crippen molar-refractivity contribution in [3.05, 3.63) is 46.8 Å². The molecule has 0 aliphatic rings. The van der Waals surface area contributed by atoms with E-state index in [0.717, 1.165) is 22.2 Å². The van der Waals surface area contributed by atoms with E-state index < -0.39 is 5.91 Å². The fourth-order valence-electron chi connectivity index (χ4n) is 2.34. The second-order valence-corrected chi connectivity index (χ2v) is 4.94. The van der Waals surface area contributed by atoms with Crippen LogP contribution in [0.25, 0.3) is 10.9 Å². The van der Waals surface area contributed by atoms with E-state index in [-0.39, 0.29) is 5.56 Å². The number of hydrogen-bond donors (Lipinski definition) is 4. The molecule has 2 heterocycles. The van der Waals surface area contributed by atoms with Gasteiger partial charge in [0.2, 0.25) is 0 Å². The van der Waals surface area contributed by atoms with Crippen LogP contribution in [-0.2, 0) is 0 Å². The first kappa shape index (κ1) is 13.8. The Labute approximate surface area is 127 Å². The highest BCUT2D eigenvalue weighted by atomic mass is 16.1. The number of primary amides is 1. The fourth-order valence-corrected chi connectivity index (χ4v) is 2.34. The van der Waals surface area contributed by atoms with E-state index >= 15 is 0 Å². The van der Waals surface area contributed by atoms with Gasteiger partial charge in [0.05, 0.1) is 0 Å². The zero-order valence-electron chi connectivity index (χ0n) is 12.2. The summed E-state index contributed by atoms with van der Waals surface area (Å²) in [7, 11) is 1.67. The summed E-state index contributed by atoms with van der Waals surface area (Å²) in [5.41, 5.74) is 9.07. The number of carbonyl (C=O) groups excluding carboxylic acids is 1. The van der Waals surface area contributed by atoms with Crippen LogP contribution in [-0.4, -0.2) is 28.1 Å². The molecule has 1 amide bonds. The topological polar surface area (TPSA) is 99.6 Å². The third kappa shape index (κ3) is 2.40. The standard InChI is InChI=1S/C16H15N5O/c1-9-7-11-8-10(3-5-12(11)19-9)4-6-13-14(15(17)22)16(18-2)21-20-13/h3,5,7-8,19H,1-2H3,(H2,17,22)(H2,18,20,21). The number of amides is 1. The predicted molar refractivity (Wildman–Crippen MR) is 85.7 cm³/mol. The Hall–Kier alpha value is -3.20. The van der Waals surface area contributed by atoms with Gasteiger partial charge in [-0.1, -0.05) is 5.92 Å². The SMILES string of the molecule is CNc1n[nH]c(C#Cc2ccc3[nH]c(C)cc3c2)c1C(N)=O. The van der Waals surface area contributed by atoms with Gasteiger partial charge < -0.3 is 16.0 Å². The Bertz CT molecular complexity index is 923. The molecule has 0 radical (unpaired) electrons. The third-order valence-corrected chi connectivity index (χ3v) is 3.34. The van der Waals surface area contributed by atoms with E-state index in [2.05, 4.69) is 38.4 Å². The maximum atomic E-state index is 11.5. The van der Waals surface area contributed by atoms with Crippen LogP contribution in [0.15, 0.2) is 24.3 Å². The number of aryl methyl sites for hydroxylation is 1. The lowest BCUT2D eigenvalue weighted by Crippen LogP contribution is -2.13. The second-order valence-electron chi connectivity index (χ2n) is 4.94. The number of H-pyrrole nitrogens is 2. The summed E-state index contributed by atoms with van der Waals surface area (Å²) in [5, 5.41) is 10.6. The molecule has 0 fully saturated rings. The molecule has 1 aromatic carbocycles. The molecule has 0 saturated carbocycles. The van der Waals surface area contributed by atoms with E-state index in [4.69, 9.17) is 5.73 Å². The van der Waals surface area contributed by atoms with Crippen molar-refractivity contribution in [2.45, 2.75) is 6.92 Å². The highest BCUT2D eigenvalue weighted by molar-refractivity contribution is 5.99. The van der Waals surface area contributed by atoms with E-state index in [1.54, 1.807) is 7.05 Å². The van der Waals surface area contributed by atoms with Crippen molar-refractivity contribution in [3.63, 3.8) is 0 Å². The van der Waals surface area contributed by atoms with Crippen molar-refractivity contribution < 1.29 is 4.79 Å². The number of aromatic amines is 2. The van der Waals surface area contributed by atoms with Gasteiger partial charge in [0.15, 0.2) is 5.82 Å². The smallest absolute Gasteiger partial charge is 0.255 e. The molecule has 2 aromatic heterocycles. The van der Waals surface area contributed by atoms with Gasteiger partial charge in [-0.2, -0.15) is 5.10 Å². The van der Waals surface area contributed by atoms with Crippen LogP contribution in [0.1, 0.15) is 27.3 Å². The number of hydrogen-bond acceptors (Lipinski definition) is 3. The maximum Gasteiger partial charge on any atom is 0.255 e. The van der Waals surface area contributed by atoms with Gasteiger partial charge in [-0.15, -0.1) is 0 Å². The first-order valence-corrected chi connectivity index (χ1v) is 6.76. The lowest BCUT2D eigenvalue weighted by Gasteiger charge is -1.96. The first-order chi connectivity index (χ1) is 10.6. The van der Waals surface area contributed by atoms with Crippen LogP contribution < -0.4 is 11.1 Å². The summed E-state index contributed by atoms with van der Waals surface area (Å²) in [6.07, 6.45) is 0. The van der Waals surface area contributed by atoms with Crippen LogP contribution in [0.3, 0.4) is 0 Å². The molecular weight excluding hydrogens is 278 g/mol. The fraction of sp³-hybridized carbons (Fsp3) is 0.125. The van der Waals surface area contributed by atoms with Gasteiger partial charge in [-0.25, -0.2) is 0 Å². The molecule has 5 N–H and O–H groups in total. The average molecular weight is 293 g/mol. The Morgan fingerprint density at radius 3 is 2.86 bits per heavy atom. The zero-order valence-corrected chi connectivity index (χ0v) is 12.2. The average Bonchev–Trinajstić information content (AvgIpc) is 3.06. The molecule has 0 saturated heterocycles. The molecule has 0 aliphatic carbocycles. The maximum absolute atomic E-state index is 11.5. The summed E-state index contributed by atoms with van der Waals surface area (Å²) in [4.78, 5) is 14.8. The molecule has 0 unspecified atom stereocenters. The van der Waals surface area contributed by atoms with E-state index in [9.17, 15) is 4.79 Å². The summed E-state index contributed by atoms with van der Waals surface area (Å²) in [5.74, 6) is 5.77. The number of benzene rings is 1. The summed E-state index contributed by atoms with van der Waals surface area (Å²) < 4.78 is 0. The number of nitrogens with zero attached hydrogens (tertiary/aromatic N) is 1. The van der Waals surface area contributed by atoms with Gasteiger partial charge in [0.1, 0.15) is 11.3 Å². The van der Waals surface area contributed by atoms with Crippen molar-refractivity contribution in [3.8, 4) is 11.8 Å². The highest BCUT2D eigenvalue weighted by Crippen LogP contribution is 2.17. The lowest BCUT2D eigenvalue weighted by molar-refractivity contribution is 0.100. The first-order valence-electron chi connectivity index (χ1n) is 6.76. The Kier molecular flexibility index (Phi) is 3.31. The van der Waals surface area contributed by atoms with Gasteiger partial charge in [-0.05, 0) is 37.1 Å². The number of fused-ring (bicyclic) bond motifs is 1. The van der Waals surface area contributed by atoms with Crippen LogP contribution in [0.2, 0.25) is 0 Å². The Morgan fingerprint density at radius 1 is 1.32 bits per heavy atom. The second kappa shape index (κ2) is 5.30. The monoisotopic (exact) mass is 293 g/mol. The number of carbonyl (C=O) groups is 1. The van der Waals surface area contributed by atoms with Gasteiger partial charge in [-0.3, -0.25) is 9.89 Å². The Balaban J connectivity index is 2.00. The van der Waals surface area contributed by atoms with Gasteiger partial charge >= 0.3 is 0 Å². The molecule has 3 aromatic rings. The number of aromatic nitrogens is 3.